The minimum absolute atomic E-state index is 0.957. The Balaban J connectivity index is 2.59. The van der Waals surface area contributed by atoms with Crippen molar-refractivity contribution in [2.24, 2.45) is 5.73 Å². The van der Waals surface area contributed by atoms with Gasteiger partial charge in [0.15, 0.2) is 0 Å². The van der Waals surface area contributed by atoms with Gasteiger partial charge in [0.1, 0.15) is 0 Å². The summed E-state index contributed by atoms with van der Waals surface area (Å²) >= 11 is 0. The zero-order valence-electron chi connectivity index (χ0n) is 9.58. The number of benzene rings is 1. The van der Waals surface area contributed by atoms with Crippen LogP contribution in [0.3, 0.4) is 0 Å². The van der Waals surface area contributed by atoms with Crippen LogP contribution in [0.1, 0.15) is 37.3 Å². The number of unbranched alkanes of at least 4 members (excludes halogenated alkanes) is 2. The monoisotopic (exact) mass is 203 g/mol. The summed E-state index contributed by atoms with van der Waals surface area (Å²) in [6.07, 6.45) is 9.69. The maximum atomic E-state index is 5.37. The molecule has 0 aliphatic heterocycles. The highest BCUT2D eigenvalue weighted by Crippen LogP contribution is 2.13. The lowest BCUT2D eigenvalue weighted by atomic mass is 9.99. The summed E-state index contributed by atoms with van der Waals surface area (Å²) in [5, 5.41) is 0. The van der Waals surface area contributed by atoms with Gasteiger partial charge in [-0.1, -0.05) is 50.1 Å². The van der Waals surface area contributed by atoms with Crippen LogP contribution in [0.2, 0.25) is 0 Å². The highest BCUT2D eigenvalue weighted by Gasteiger charge is 1.99. The first kappa shape index (κ1) is 11.8. The molecule has 1 aromatic carbocycles. The lowest BCUT2D eigenvalue weighted by Gasteiger charge is -2.06. The molecule has 82 valence electrons. The average molecular weight is 203 g/mol. The highest BCUT2D eigenvalue weighted by atomic mass is 14.5. The van der Waals surface area contributed by atoms with E-state index in [1.807, 2.05) is 6.08 Å². The fourth-order valence-corrected chi connectivity index (χ4v) is 1.76. The molecule has 0 aliphatic carbocycles. The fourth-order valence-electron chi connectivity index (χ4n) is 1.76. The van der Waals surface area contributed by atoms with Gasteiger partial charge in [-0.05, 0) is 36.6 Å². The maximum absolute atomic E-state index is 5.37. The van der Waals surface area contributed by atoms with Gasteiger partial charge in [0.25, 0.3) is 0 Å². The van der Waals surface area contributed by atoms with Crippen LogP contribution in [0.5, 0.6) is 0 Å². The number of hydrogen-bond acceptors (Lipinski definition) is 1. The predicted octanol–water partition coefficient (Wildman–Crippen LogP) is 3.43. The van der Waals surface area contributed by atoms with Gasteiger partial charge in [-0.25, -0.2) is 0 Å². The molecule has 1 aromatic rings. The summed E-state index contributed by atoms with van der Waals surface area (Å²) in [5.41, 5.74) is 8.26. The van der Waals surface area contributed by atoms with Crippen molar-refractivity contribution in [2.75, 3.05) is 0 Å². The molecule has 0 radical (unpaired) electrons. The Morgan fingerprint density at radius 2 is 1.87 bits per heavy atom. The van der Waals surface area contributed by atoms with Crippen LogP contribution in [0.4, 0.5) is 0 Å². The molecule has 0 saturated heterocycles. The third-order valence-corrected chi connectivity index (χ3v) is 2.64. The Morgan fingerprint density at radius 1 is 1.13 bits per heavy atom. The van der Waals surface area contributed by atoms with E-state index < -0.39 is 0 Å². The summed E-state index contributed by atoms with van der Waals surface area (Å²) in [7, 11) is 0. The van der Waals surface area contributed by atoms with Crippen molar-refractivity contribution in [3.8, 4) is 0 Å². The van der Waals surface area contributed by atoms with E-state index in [0.29, 0.717) is 0 Å². The molecule has 2 N–H and O–H groups in total. The SMILES string of the molecule is CCCCCc1ccccc1CC=CN. The van der Waals surface area contributed by atoms with Crippen LogP contribution < -0.4 is 5.73 Å². The van der Waals surface area contributed by atoms with Crippen molar-refractivity contribution >= 4 is 0 Å². The van der Waals surface area contributed by atoms with Gasteiger partial charge in [-0.15, -0.1) is 0 Å². The lowest BCUT2D eigenvalue weighted by Crippen LogP contribution is -1.93. The zero-order chi connectivity index (χ0) is 10.9. The van der Waals surface area contributed by atoms with Crippen LogP contribution in [0.25, 0.3) is 0 Å². The Bertz CT molecular complexity index is 302. The predicted molar refractivity (Wildman–Crippen MR) is 66.7 cm³/mol. The average Bonchev–Trinajstić information content (AvgIpc) is 2.28. The first-order valence-electron chi connectivity index (χ1n) is 5.82. The first-order chi connectivity index (χ1) is 7.38. The molecule has 0 atom stereocenters. The lowest BCUT2D eigenvalue weighted by molar-refractivity contribution is 0.714. The molecule has 0 unspecified atom stereocenters. The minimum atomic E-state index is 0.957. The van der Waals surface area contributed by atoms with E-state index >= 15 is 0 Å². The molecule has 1 rings (SSSR count). The molecule has 0 aliphatic rings. The van der Waals surface area contributed by atoms with Crippen LogP contribution in [-0.4, -0.2) is 0 Å². The second-order valence-electron chi connectivity index (χ2n) is 3.86. The van der Waals surface area contributed by atoms with Crippen LogP contribution in [0.15, 0.2) is 36.5 Å². The van der Waals surface area contributed by atoms with Crippen molar-refractivity contribution < 1.29 is 0 Å². The summed E-state index contributed by atoms with van der Waals surface area (Å²) in [6.45, 7) is 2.24. The minimum Gasteiger partial charge on any atom is -0.405 e. The summed E-state index contributed by atoms with van der Waals surface area (Å²) in [5.74, 6) is 0. The van der Waals surface area contributed by atoms with Gasteiger partial charge in [-0.2, -0.15) is 0 Å². The van der Waals surface area contributed by atoms with Gasteiger partial charge < -0.3 is 5.73 Å². The third-order valence-electron chi connectivity index (χ3n) is 2.64. The van der Waals surface area contributed by atoms with E-state index in [1.165, 1.54) is 36.8 Å². The molecule has 0 heterocycles. The number of hydrogen-bond donors (Lipinski definition) is 1. The van der Waals surface area contributed by atoms with E-state index in [-0.39, 0.29) is 0 Å². The summed E-state index contributed by atoms with van der Waals surface area (Å²) in [6, 6.07) is 8.65. The zero-order valence-corrected chi connectivity index (χ0v) is 9.58. The van der Waals surface area contributed by atoms with E-state index in [9.17, 15) is 0 Å². The van der Waals surface area contributed by atoms with Crippen molar-refractivity contribution in [2.45, 2.75) is 39.0 Å². The Labute approximate surface area is 93.0 Å². The Kier molecular flexibility index (Phi) is 5.60. The number of aryl methyl sites for hydroxylation is 1. The molecule has 0 saturated carbocycles. The third kappa shape index (κ3) is 4.20. The van der Waals surface area contributed by atoms with Gasteiger partial charge >= 0.3 is 0 Å². The number of rotatable bonds is 6. The molecular weight excluding hydrogens is 182 g/mol. The standard InChI is InChI=1S/C14H21N/c1-2-3-4-8-13-9-5-6-10-14(13)11-7-12-15/h5-7,9-10,12H,2-4,8,11,15H2,1H3. The normalized spacial score (nSPS) is 11.0. The van der Waals surface area contributed by atoms with Crippen molar-refractivity contribution in [1.82, 2.24) is 0 Å². The van der Waals surface area contributed by atoms with Gasteiger partial charge in [-0.3, -0.25) is 0 Å². The first-order valence-corrected chi connectivity index (χ1v) is 5.82. The molecule has 0 amide bonds. The molecule has 0 bridgehead atoms. The molecule has 0 fully saturated rings. The largest absolute Gasteiger partial charge is 0.405 e. The number of allylic oxidation sites excluding steroid dienone is 1. The summed E-state index contributed by atoms with van der Waals surface area (Å²) in [4.78, 5) is 0. The van der Waals surface area contributed by atoms with Crippen molar-refractivity contribution in [3.05, 3.63) is 47.7 Å². The van der Waals surface area contributed by atoms with E-state index in [2.05, 4.69) is 31.2 Å². The second-order valence-corrected chi connectivity index (χ2v) is 3.86. The molecule has 1 heteroatoms. The van der Waals surface area contributed by atoms with Crippen molar-refractivity contribution in [3.63, 3.8) is 0 Å². The maximum Gasteiger partial charge on any atom is -0.00775 e. The van der Waals surface area contributed by atoms with E-state index in [4.69, 9.17) is 5.73 Å². The van der Waals surface area contributed by atoms with E-state index in [0.717, 1.165) is 6.42 Å². The fraction of sp³-hybridized carbons (Fsp3) is 0.429. The van der Waals surface area contributed by atoms with Crippen LogP contribution in [0, 0.1) is 0 Å². The molecule has 1 nitrogen and oxygen atoms in total. The Hall–Kier alpha value is -1.24. The van der Waals surface area contributed by atoms with Crippen LogP contribution >= 0.6 is 0 Å². The van der Waals surface area contributed by atoms with Gasteiger partial charge in [0.2, 0.25) is 0 Å². The topological polar surface area (TPSA) is 26.0 Å². The van der Waals surface area contributed by atoms with E-state index in [1.54, 1.807) is 6.20 Å². The smallest absolute Gasteiger partial charge is 0.00775 e. The van der Waals surface area contributed by atoms with Crippen LogP contribution in [-0.2, 0) is 12.8 Å². The molecular formula is C14H21N. The van der Waals surface area contributed by atoms with Crippen molar-refractivity contribution in [1.29, 1.82) is 0 Å². The molecule has 0 aromatic heterocycles. The quantitative estimate of drug-likeness (QED) is 0.704. The second kappa shape index (κ2) is 7.10. The summed E-state index contributed by atoms with van der Waals surface area (Å²) < 4.78 is 0. The highest BCUT2D eigenvalue weighted by molar-refractivity contribution is 5.28. The van der Waals surface area contributed by atoms with Gasteiger partial charge in [0.05, 0.1) is 0 Å². The number of nitrogens with two attached hydrogens (primary N) is 1. The Morgan fingerprint density at radius 3 is 2.53 bits per heavy atom. The van der Waals surface area contributed by atoms with Gasteiger partial charge in [0, 0.05) is 0 Å². The molecule has 15 heavy (non-hydrogen) atoms. The molecule has 0 spiro atoms.